The van der Waals surface area contributed by atoms with E-state index >= 15 is 0 Å². The summed E-state index contributed by atoms with van der Waals surface area (Å²) >= 11 is 0. The molecule has 0 radical (unpaired) electrons. The zero-order chi connectivity index (χ0) is 20.8. The predicted octanol–water partition coefficient (Wildman–Crippen LogP) is 3.89. The summed E-state index contributed by atoms with van der Waals surface area (Å²) in [7, 11) is 0. The van der Waals surface area contributed by atoms with Crippen molar-refractivity contribution in [3.8, 4) is 23.0 Å². The van der Waals surface area contributed by atoms with Crippen LogP contribution < -0.4 is 14.2 Å². The minimum atomic E-state index is -1.45. The van der Waals surface area contributed by atoms with Gasteiger partial charge >= 0.3 is 18.1 Å². The summed E-state index contributed by atoms with van der Waals surface area (Å²) in [6.07, 6.45) is -1.45. The molecule has 0 saturated carbocycles. The van der Waals surface area contributed by atoms with Crippen LogP contribution in [-0.4, -0.2) is 28.3 Å². The highest BCUT2D eigenvalue weighted by molar-refractivity contribution is 5.92. The maximum absolute atomic E-state index is 12.1. The van der Waals surface area contributed by atoms with E-state index in [1.807, 2.05) is 0 Å². The van der Waals surface area contributed by atoms with Crippen LogP contribution in [0.15, 0.2) is 72.8 Å². The van der Waals surface area contributed by atoms with Gasteiger partial charge in [0.05, 0.1) is 11.1 Å². The maximum atomic E-state index is 12.1. The summed E-state index contributed by atoms with van der Waals surface area (Å²) in [6, 6.07) is 16.8. The number of rotatable bonds is 5. The predicted molar refractivity (Wildman–Crippen MR) is 99.6 cm³/mol. The molecule has 0 bridgehead atoms. The topological polar surface area (TPSA) is 119 Å². The van der Waals surface area contributed by atoms with Crippen molar-refractivity contribution in [3.63, 3.8) is 0 Å². The highest BCUT2D eigenvalue weighted by Crippen LogP contribution is 2.20. The Morgan fingerprint density at radius 3 is 1.28 bits per heavy atom. The first-order valence-corrected chi connectivity index (χ1v) is 8.25. The second-order valence-corrected chi connectivity index (χ2v) is 5.69. The molecule has 2 N–H and O–H groups in total. The van der Waals surface area contributed by atoms with E-state index in [1.165, 1.54) is 72.8 Å². The summed E-state index contributed by atoms with van der Waals surface area (Å²) in [5.74, 6) is -0.653. The van der Waals surface area contributed by atoms with Crippen molar-refractivity contribution < 1.29 is 38.8 Å². The van der Waals surface area contributed by atoms with Gasteiger partial charge in [0.2, 0.25) is 0 Å². The molecule has 3 rings (SSSR count). The van der Waals surface area contributed by atoms with Crippen molar-refractivity contribution in [2.24, 2.45) is 0 Å². The average molecular weight is 394 g/mol. The van der Waals surface area contributed by atoms with Crippen LogP contribution in [0.4, 0.5) is 4.79 Å². The molecule has 146 valence electrons. The van der Waals surface area contributed by atoms with Crippen LogP contribution in [0.1, 0.15) is 20.7 Å². The molecule has 0 unspecified atom stereocenters. The Morgan fingerprint density at radius 2 is 0.897 bits per heavy atom. The van der Waals surface area contributed by atoms with Crippen molar-refractivity contribution in [1.82, 2.24) is 0 Å². The Labute approximate surface area is 164 Å². The number of carboxylic acid groups (broad SMARTS) is 1. The standard InChI is InChI=1S/C21H14O8/c22-15-5-11-17(12-6-15)28-20(24)13-1-7-16(8-2-13)27-19(23)14-3-9-18(10-4-14)29-21(25)26/h1-12,22H,(H,25,26). The first-order chi connectivity index (χ1) is 13.9. The van der Waals surface area contributed by atoms with Gasteiger partial charge in [-0.2, -0.15) is 0 Å². The van der Waals surface area contributed by atoms with Gasteiger partial charge in [-0.1, -0.05) is 0 Å². The lowest BCUT2D eigenvalue weighted by molar-refractivity contribution is 0.0730. The number of aromatic hydroxyl groups is 1. The van der Waals surface area contributed by atoms with Gasteiger partial charge in [-0.25, -0.2) is 14.4 Å². The first-order valence-electron chi connectivity index (χ1n) is 8.25. The van der Waals surface area contributed by atoms with E-state index in [1.54, 1.807) is 0 Å². The molecule has 29 heavy (non-hydrogen) atoms. The van der Waals surface area contributed by atoms with E-state index < -0.39 is 18.1 Å². The van der Waals surface area contributed by atoms with Crippen molar-refractivity contribution in [1.29, 1.82) is 0 Å². The summed E-state index contributed by atoms with van der Waals surface area (Å²) in [5, 5.41) is 17.8. The highest BCUT2D eigenvalue weighted by atomic mass is 16.7. The summed E-state index contributed by atoms with van der Waals surface area (Å²) in [4.78, 5) is 34.7. The number of phenols is 1. The molecule has 8 nitrogen and oxygen atoms in total. The van der Waals surface area contributed by atoms with Gasteiger partial charge in [0.15, 0.2) is 0 Å². The average Bonchev–Trinajstić information content (AvgIpc) is 2.70. The van der Waals surface area contributed by atoms with Crippen molar-refractivity contribution >= 4 is 18.1 Å². The SMILES string of the molecule is O=C(O)Oc1ccc(C(=O)Oc2ccc(C(=O)Oc3ccc(O)cc3)cc2)cc1. The van der Waals surface area contributed by atoms with Gasteiger partial charge in [0.1, 0.15) is 23.0 Å². The van der Waals surface area contributed by atoms with E-state index in [2.05, 4.69) is 4.74 Å². The molecule has 0 fully saturated rings. The van der Waals surface area contributed by atoms with Crippen LogP contribution in [0.25, 0.3) is 0 Å². The number of carbonyl (C=O) groups excluding carboxylic acids is 2. The third-order valence-corrected chi connectivity index (χ3v) is 3.64. The number of phenolic OH excluding ortho intramolecular Hbond substituents is 1. The van der Waals surface area contributed by atoms with Gasteiger partial charge < -0.3 is 24.4 Å². The lowest BCUT2D eigenvalue weighted by atomic mass is 10.2. The number of hydrogen-bond donors (Lipinski definition) is 2. The van der Waals surface area contributed by atoms with E-state index in [-0.39, 0.29) is 34.1 Å². The van der Waals surface area contributed by atoms with Gasteiger partial charge in [0, 0.05) is 0 Å². The van der Waals surface area contributed by atoms with Crippen LogP contribution >= 0.6 is 0 Å². The van der Waals surface area contributed by atoms with E-state index in [9.17, 15) is 19.5 Å². The number of benzene rings is 3. The fourth-order valence-corrected chi connectivity index (χ4v) is 2.27. The maximum Gasteiger partial charge on any atom is 0.511 e. The Morgan fingerprint density at radius 1 is 0.552 bits per heavy atom. The third kappa shape index (κ3) is 5.33. The molecule has 0 aliphatic heterocycles. The fourth-order valence-electron chi connectivity index (χ4n) is 2.27. The molecule has 0 heterocycles. The van der Waals surface area contributed by atoms with E-state index in [0.717, 1.165) is 0 Å². The zero-order valence-corrected chi connectivity index (χ0v) is 14.8. The molecule has 0 spiro atoms. The summed E-state index contributed by atoms with van der Waals surface area (Å²) < 4.78 is 14.8. The number of esters is 2. The second-order valence-electron chi connectivity index (χ2n) is 5.69. The second kappa shape index (κ2) is 8.57. The Bertz CT molecular complexity index is 1020. The molecule has 0 aliphatic rings. The monoisotopic (exact) mass is 394 g/mol. The fraction of sp³-hybridized carbons (Fsp3) is 0. The number of hydrogen-bond acceptors (Lipinski definition) is 7. The van der Waals surface area contributed by atoms with Gasteiger partial charge in [-0.3, -0.25) is 0 Å². The summed E-state index contributed by atoms with van der Waals surface area (Å²) in [5.41, 5.74) is 0.437. The molecule has 3 aromatic carbocycles. The minimum Gasteiger partial charge on any atom is -0.508 e. The Balaban J connectivity index is 1.60. The molecule has 0 amide bonds. The first kappa shape index (κ1) is 19.4. The van der Waals surface area contributed by atoms with Crippen LogP contribution in [0.5, 0.6) is 23.0 Å². The summed E-state index contributed by atoms with van der Waals surface area (Å²) in [6.45, 7) is 0. The molecule has 3 aromatic rings. The lowest BCUT2D eigenvalue weighted by Gasteiger charge is -2.07. The van der Waals surface area contributed by atoms with Crippen LogP contribution in [0, 0.1) is 0 Å². The molecule has 0 aliphatic carbocycles. The zero-order valence-electron chi connectivity index (χ0n) is 14.8. The van der Waals surface area contributed by atoms with E-state index in [4.69, 9.17) is 14.6 Å². The molecular formula is C21H14O8. The van der Waals surface area contributed by atoms with Gasteiger partial charge in [-0.15, -0.1) is 0 Å². The highest BCUT2D eigenvalue weighted by Gasteiger charge is 2.12. The van der Waals surface area contributed by atoms with Crippen molar-refractivity contribution in [2.45, 2.75) is 0 Å². The largest absolute Gasteiger partial charge is 0.511 e. The molecule has 0 atom stereocenters. The smallest absolute Gasteiger partial charge is 0.508 e. The van der Waals surface area contributed by atoms with Gasteiger partial charge in [-0.05, 0) is 72.8 Å². The Hall–Kier alpha value is -4.33. The molecule has 8 heteroatoms. The van der Waals surface area contributed by atoms with Crippen LogP contribution in [0.2, 0.25) is 0 Å². The number of carbonyl (C=O) groups is 3. The normalized spacial score (nSPS) is 10.1. The van der Waals surface area contributed by atoms with Crippen LogP contribution in [-0.2, 0) is 0 Å². The molecule has 0 aromatic heterocycles. The minimum absolute atomic E-state index is 0.0556. The third-order valence-electron chi connectivity index (χ3n) is 3.64. The van der Waals surface area contributed by atoms with Crippen molar-refractivity contribution in [3.05, 3.63) is 83.9 Å². The molecule has 0 saturated heterocycles. The van der Waals surface area contributed by atoms with Crippen molar-refractivity contribution in [2.75, 3.05) is 0 Å². The number of ether oxygens (including phenoxy) is 3. The lowest BCUT2D eigenvalue weighted by Crippen LogP contribution is -2.10. The van der Waals surface area contributed by atoms with Gasteiger partial charge in [0.25, 0.3) is 0 Å². The molecular weight excluding hydrogens is 380 g/mol. The van der Waals surface area contributed by atoms with E-state index in [0.29, 0.717) is 0 Å². The Kier molecular flexibility index (Phi) is 5.74. The quantitative estimate of drug-likeness (QED) is 0.380. The van der Waals surface area contributed by atoms with Crippen LogP contribution in [0.3, 0.4) is 0 Å².